The van der Waals surface area contributed by atoms with Gasteiger partial charge in [0.15, 0.2) is 0 Å². The molecule has 0 bridgehead atoms. The van der Waals surface area contributed by atoms with E-state index in [1.165, 1.54) is 12.8 Å². The van der Waals surface area contributed by atoms with Gasteiger partial charge in [0.2, 0.25) is 5.91 Å². The number of rotatable bonds is 4. The normalized spacial score (nSPS) is 29.8. The Morgan fingerprint density at radius 2 is 1.94 bits per heavy atom. The van der Waals surface area contributed by atoms with Crippen molar-refractivity contribution in [2.75, 3.05) is 39.3 Å². The molecule has 2 aliphatic rings. The lowest BCUT2D eigenvalue weighted by molar-refractivity contribution is -0.136. The molecule has 0 aliphatic carbocycles. The zero-order valence-corrected chi connectivity index (χ0v) is 11.5. The van der Waals surface area contributed by atoms with Crippen LogP contribution in [0.2, 0.25) is 0 Å². The highest BCUT2D eigenvalue weighted by molar-refractivity contribution is 5.78. The summed E-state index contributed by atoms with van der Waals surface area (Å²) in [7, 11) is 0. The zero-order valence-electron chi connectivity index (χ0n) is 11.5. The second-order valence-corrected chi connectivity index (χ2v) is 5.91. The van der Waals surface area contributed by atoms with E-state index in [1.54, 1.807) is 0 Å². The van der Waals surface area contributed by atoms with E-state index in [0.717, 1.165) is 45.4 Å². The molecule has 1 N–H and O–H groups in total. The van der Waals surface area contributed by atoms with E-state index >= 15 is 0 Å². The van der Waals surface area contributed by atoms with E-state index in [1.807, 2.05) is 4.90 Å². The maximum absolute atomic E-state index is 12.3. The Hall–Kier alpha value is -0.610. The van der Waals surface area contributed by atoms with Gasteiger partial charge >= 0.3 is 0 Å². The quantitative estimate of drug-likeness (QED) is 0.817. The first-order chi connectivity index (χ1) is 8.69. The highest BCUT2D eigenvalue weighted by atomic mass is 16.3. The van der Waals surface area contributed by atoms with Crippen molar-refractivity contribution in [1.82, 2.24) is 9.80 Å². The van der Waals surface area contributed by atoms with Crippen LogP contribution in [0.4, 0.5) is 0 Å². The van der Waals surface area contributed by atoms with E-state index < -0.39 is 0 Å². The Bertz CT molecular complexity index is 284. The molecule has 0 aromatic carbocycles. The molecule has 4 nitrogen and oxygen atoms in total. The summed E-state index contributed by atoms with van der Waals surface area (Å²) in [6, 6.07) is 0. The van der Waals surface area contributed by atoms with E-state index in [0.29, 0.717) is 6.54 Å². The summed E-state index contributed by atoms with van der Waals surface area (Å²) >= 11 is 0. The van der Waals surface area contributed by atoms with Gasteiger partial charge in [-0.25, -0.2) is 0 Å². The Kier molecular flexibility index (Phi) is 4.62. The number of carbonyl (C=O) groups is 1. The summed E-state index contributed by atoms with van der Waals surface area (Å²) in [5, 5.41) is 9.58. The fourth-order valence-electron chi connectivity index (χ4n) is 3.18. The second-order valence-electron chi connectivity index (χ2n) is 5.91. The molecule has 2 fully saturated rings. The number of hydrogen-bond acceptors (Lipinski definition) is 3. The third kappa shape index (κ3) is 3.04. The minimum atomic E-state index is -0.0427. The van der Waals surface area contributed by atoms with Gasteiger partial charge in [0, 0.05) is 18.5 Å². The molecule has 1 amide bonds. The molecule has 1 atom stereocenters. The summed E-state index contributed by atoms with van der Waals surface area (Å²) in [5.41, 5.74) is -0.0427. The first-order valence-electron chi connectivity index (χ1n) is 7.30. The lowest BCUT2D eigenvalue weighted by Crippen LogP contribution is -2.50. The van der Waals surface area contributed by atoms with Crippen molar-refractivity contribution in [2.24, 2.45) is 5.41 Å². The van der Waals surface area contributed by atoms with Crippen molar-refractivity contribution in [3.05, 3.63) is 0 Å². The van der Waals surface area contributed by atoms with Crippen LogP contribution in [0.15, 0.2) is 0 Å². The smallest absolute Gasteiger partial charge is 0.236 e. The van der Waals surface area contributed by atoms with Gasteiger partial charge in [-0.05, 0) is 45.2 Å². The Labute approximate surface area is 110 Å². The topological polar surface area (TPSA) is 43.8 Å². The number of aliphatic hydroxyl groups excluding tert-OH is 1. The molecule has 104 valence electrons. The molecule has 0 aromatic heterocycles. The average molecular weight is 254 g/mol. The number of aliphatic hydroxyl groups is 1. The van der Waals surface area contributed by atoms with Crippen molar-refractivity contribution in [1.29, 1.82) is 0 Å². The fraction of sp³-hybridized carbons (Fsp3) is 0.929. The van der Waals surface area contributed by atoms with Crippen molar-refractivity contribution in [2.45, 2.75) is 39.0 Å². The van der Waals surface area contributed by atoms with Gasteiger partial charge < -0.3 is 10.0 Å². The van der Waals surface area contributed by atoms with Crippen LogP contribution in [-0.4, -0.2) is 60.1 Å². The van der Waals surface area contributed by atoms with Crippen molar-refractivity contribution < 1.29 is 9.90 Å². The molecular formula is C14H26N2O2. The van der Waals surface area contributed by atoms with Gasteiger partial charge in [-0.15, -0.1) is 0 Å². The SMILES string of the molecule is CCC1(CO)CCCN(C(=O)CN2CCCC2)C1. The monoisotopic (exact) mass is 254 g/mol. The molecular weight excluding hydrogens is 228 g/mol. The minimum absolute atomic E-state index is 0.0427. The molecule has 0 aromatic rings. The summed E-state index contributed by atoms with van der Waals surface area (Å²) in [6.45, 7) is 6.64. The van der Waals surface area contributed by atoms with Crippen LogP contribution in [0.1, 0.15) is 39.0 Å². The first-order valence-corrected chi connectivity index (χ1v) is 7.30. The summed E-state index contributed by atoms with van der Waals surface area (Å²) in [5.74, 6) is 0.253. The summed E-state index contributed by atoms with van der Waals surface area (Å²) < 4.78 is 0. The molecule has 18 heavy (non-hydrogen) atoms. The predicted molar refractivity (Wildman–Crippen MR) is 71.3 cm³/mol. The number of piperidine rings is 1. The lowest BCUT2D eigenvalue weighted by Gasteiger charge is -2.41. The van der Waals surface area contributed by atoms with E-state index in [4.69, 9.17) is 0 Å². The van der Waals surface area contributed by atoms with Gasteiger partial charge in [0.25, 0.3) is 0 Å². The number of hydrogen-bond donors (Lipinski definition) is 1. The number of amides is 1. The first kappa shape index (κ1) is 13.8. The summed E-state index contributed by atoms with van der Waals surface area (Å²) in [6.07, 6.45) is 5.48. The van der Waals surface area contributed by atoms with Gasteiger partial charge in [0.05, 0.1) is 13.2 Å². The van der Waals surface area contributed by atoms with Crippen LogP contribution in [0.3, 0.4) is 0 Å². The molecule has 0 saturated carbocycles. The third-order valence-electron chi connectivity index (χ3n) is 4.66. The van der Waals surface area contributed by atoms with Crippen LogP contribution in [-0.2, 0) is 4.79 Å². The van der Waals surface area contributed by atoms with Gasteiger partial charge in [-0.3, -0.25) is 9.69 Å². The molecule has 2 saturated heterocycles. The predicted octanol–water partition coefficient (Wildman–Crippen LogP) is 1.09. The van der Waals surface area contributed by atoms with Crippen LogP contribution in [0.5, 0.6) is 0 Å². The van der Waals surface area contributed by atoms with Crippen LogP contribution >= 0.6 is 0 Å². The standard InChI is InChI=1S/C14H26N2O2/c1-2-14(12-17)6-5-9-16(11-14)13(18)10-15-7-3-4-8-15/h17H,2-12H2,1H3. The van der Waals surface area contributed by atoms with Gasteiger partial charge in [0.1, 0.15) is 0 Å². The number of likely N-dealkylation sites (tertiary alicyclic amines) is 2. The van der Waals surface area contributed by atoms with Gasteiger partial charge in [-0.2, -0.15) is 0 Å². The number of nitrogens with zero attached hydrogens (tertiary/aromatic N) is 2. The zero-order chi connectivity index (χ0) is 13.0. The Balaban J connectivity index is 1.89. The van der Waals surface area contributed by atoms with E-state index in [-0.39, 0.29) is 17.9 Å². The minimum Gasteiger partial charge on any atom is -0.396 e. The molecule has 2 heterocycles. The molecule has 2 aliphatic heterocycles. The lowest BCUT2D eigenvalue weighted by atomic mass is 9.78. The van der Waals surface area contributed by atoms with Gasteiger partial charge in [-0.1, -0.05) is 6.92 Å². The number of carbonyl (C=O) groups excluding carboxylic acids is 1. The Morgan fingerprint density at radius 3 is 2.56 bits per heavy atom. The van der Waals surface area contributed by atoms with Crippen LogP contribution in [0, 0.1) is 5.41 Å². The highest BCUT2D eigenvalue weighted by Gasteiger charge is 2.35. The van der Waals surface area contributed by atoms with Crippen molar-refractivity contribution >= 4 is 5.91 Å². The fourth-order valence-corrected chi connectivity index (χ4v) is 3.18. The highest BCUT2D eigenvalue weighted by Crippen LogP contribution is 2.32. The third-order valence-corrected chi connectivity index (χ3v) is 4.66. The van der Waals surface area contributed by atoms with Crippen LogP contribution in [0.25, 0.3) is 0 Å². The van der Waals surface area contributed by atoms with Crippen molar-refractivity contribution in [3.63, 3.8) is 0 Å². The van der Waals surface area contributed by atoms with Crippen molar-refractivity contribution in [3.8, 4) is 0 Å². The van der Waals surface area contributed by atoms with E-state index in [9.17, 15) is 9.90 Å². The molecule has 0 spiro atoms. The molecule has 0 radical (unpaired) electrons. The molecule has 2 rings (SSSR count). The molecule has 4 heteroatoms. The molecule has 1 unspecified atom stereocenters. The van der Waals surface area contributed by atoms with Crippen LogP contribution < -0.4 is 0 Å². The maximum atomic E-state index is 12.3. The second kappa shape index (κ2) is 6.02. The van der Waals surface area contributed by atoms with E-state index in [2.05, 4.69) is 11.8 Å². The largest absolute Gasteiger partial charge is 0.396 e. The maximum Gasteiger partial charge on any atom is 0.236 e. The average Bonchev–Trinajstić information content (AvgIpc) is 2.91. The Morgan fingerprint density at radius 1 is 1.22 bits per heavy atom. The summed E-state index contributed by atoms with van der Waals surface area (Å²) in [4.78, 5) is 16.5.